The summed E-state index contributed by atoms with van der Waals surface area (Å²) in [6.07, 6.45) is 0. The van der Waals surface area contributed by atoms with Gasteiger partial charge in [0.2, 0.25) is 0 Å². The van der Waals surface area contributed by atoms with Gasteiger partial charge in [-0.1, -0.05) is 60.7 Å². The fourth-order valence-corrected chi connectivity index (χ4v) is 5.57. The van der Waals surface area contributed by atoms with E-state index in [2.05, 4.69) is 0 Å². The van der Waals surface area contributed by atoms with Crippen LogP contribution in [0.4, 0.5) is 5.69 Å². The zero-order valence-electron chi connectivity index (χ0n) is 13.5. The monoisotopic (exact) mass is 353 g/mol. The van der Waals surface area contributed by atoms with E-state index < -0.39 is 12.1 Å². The lowest BCUT2D eigenvalue weighted by atomic mass is 10.3. The van der Waals surface area contributed by atoms with Crippen molar-refractivity contribution in [3.05, 3.63) is 89.0 Å². The van der Waals surface area contributed by atoms with Crippen LogP contribution in [0.5, 0.6) is 5.75 Å². The fourth-order valence-electron chi connectivity index (χ4n) is 2.74. The summed E-state index contributed by atoms with van der Waals surface area (Å²) < 4.78 is 19.6. The number of methoxy groups -OCH3 is 1. The van der Waals surface area contributed by atoms with Gasteiger partial charge < -0.3 is 9.30 Å². The van der Waals surface area contributed by atoms with E-state index in [1.54, 1.807) is 48.5 Å². The second-order valence-electron chi connectivity index (χ2n) is 5.39. The number of benzene rings is 3. The molecule has 0 unspecified atom stereocenters. The Labute approximate surface area is 145 Å². The van der Waals surface area contributed by atoms with Crippen LogP contribution in [0.2, 0.25) is 0 Å². The van der Waals surface area contributed by atoms with Crippen LogP contribution in [0.3, 0.4) is 0 Å². The number of hydrogen-bond donors (Lipinski definition) is 0. The molecule has 0 fully saturated rings. The standard InChI is InChI=1S/C19H16NO4P/c1-24-18-13-12-15(20(21)22)14-19(18)25(23,16-8-4-2-5-9-16)17-10-6-3-7-11-17/h2-14H,1H3. The summed E-state index contributed by atoms with van der Waals surface area (Å²) in [4.78, 5) is 10.7. The maximum Gasteiger partial charge on any atom is 0.270 e. The molecule has 0 aliphatic rings. The van der Waals surface area contributed by atoms with Crippen LogP contribution in [-0.4, -0.2) is 12.0 Å². The van der Waals surface area contributed by atoms with Gasteiger partial charge in [0.1, 0.15) is 5.75 Å². The van der Waals surface area contributed by atoms with Gasteiger partial charge in [-0.3, -0.25) is 10.1 Å². The molecule has 0 saturated carbocycles. The molecule has 3 aromatic carbocycles. The Morgan fingerprint density at radius 1 is 0.880 bits per heavy atom. The van der Waals surface area contributed by atoms with E-state index in [-0.39, 0.29) is 5.69 Å². The number of ether oxygens (including phenoxy) is 1. The highest BCUT2D eigenvalue weighted by Crippen LogP contribution is 2.45. The molecule has 0 aliphatic carbocycles. The van der Waals surface area contributed by atoms with Crippen LogP contribution in [0.1, 0.15) is 0 Å². The van der Waals surface area contributed by atoms with Crippen LogP contribution in [-0.2, 0) is 4.57 Å². The maximum atomic E-state index is 14.3. The molecule has 0 bridgehead atoms. The largest absolute Gasteiger partial charge is 0.496 e. The van der Waals surface area contributed by atoms with Gasteiger partial charge in [0, 0.05) is 22.7 Å². The minimum absolute atomic E-state index is 0.122. The van der Waals surface area contributed by atoms with Crippen molar-refractivity contribution in [2.45, 2.75) is 0 Å². The van der Waals surface area contributed by atoms with Crippen molar-refractivity contribution in [3.63, 3.8) is 0 Å². The fraction of sp³-hybridized carbons (Fsp3) is 0.0526. The summed E-state index contributed by atoms with van der Waals surface area (Å²) in [5.74, 6) is 0.363. The minimum Gasteiger partial charge on any atom is -0.496 e. The molecule has 0 heterocycles. The summed E-state index contributed by atoms with van der Waals surface area (Å²) in [5, 5.41) is 12.7. The van der Waals surface area contributed by atoms with Gasteiger partial charge in [-0.15, -0.1) is 0 Å². The van der Waals surface area contributed by atoms with Crippen molar-refractivity contribution in [1.29, 1.82) is 0 Å². The van der Waals surface area contributed by atoms with Gasteiger partial charge >= 0.3 is 0 Å². The van der Waals surface area contributed by atoms with Crippen LogP contribution < -0.4 is 20.7 Å². The molecule has 3 aromatic rings. The quantitative estimate of drug-likeness (QED) is 0.401. The van der Waals surface area contributed by atoms with Gasteiger partial charge in [0.25, 0.3) is 5.69 Å². The van der Waals surface area contributed by atoms with E-state index >= 15 is 0 Å². The molecule has 126 valence electrons. The van der Waals surface area contributed by atoms with Crippen molar-refractivity contribution in [2.24, 2.45) is 0 Å². The minimum atomic E-state index is -3.33. The highest BCUT2D eigenvalue weighted by atomic mass is 31.2. The normalized spacial score (nSPS) is 11.1. The molecular formula is C19H16NO4P. The number of non-ortho nitro benzene ring substituents is 1. The van der Waals surface area contributed by atoms with E-state index in [9.17, 15) is 14.7 Å². The highest BCUT2D eigenvalue weighted by Gasteiger charge is 2.34. The maximum absolute atomic E-state index is 14.3. The van der Waals surface area contributed by atoms with Crippen molar-refractivity contribution in [2.75, 3.05) is 7.11 Å². The molecule has 0 amide bonds. The smallest absolute Gasteiger partial charge is 0.270 e. The summed E-state index contributed by atoms with van der Waals surface area (Å²) in [7, 11) is -1.86. The zero-order valence-corrected chi connectivity index (χ0v) is 14.4. The molecule has 0 spiro atoms. The van der Waals surface area contributed by atoms with Crippen LogP contribution in [0.15, 0.2) is 78.9 Å². The first-order valence-electron chi connectivity index (χ1n) is 7.61. The average molecular weight is 353 g/mol. The molecule has 0 aromatic heterocycles. The van der Waals surface area contributed by atoms with Gasteiger partial charge in [0.15, 0.2) is 7.14 Å². The van der Waals surface area contributed by atoms with E-state index in [1.807, 2.05) is 12.1 Å². The van der Waals surface area contributed by atoms with Crippen LogP contribution in [0, 0.1) is 10.1 Å². The number of rotatable bonds is 5. The lowest BCUT2D eigenvalue weighted by molar-refractivity contribution is -0.384. The number of hydrogen-bond acceptors (Lipinski definition) is 4. The molecule has 0 N–H and O–H groups in total. The Bertz CT molecular complexity index is 899. The van der Waals surface area contributed by atoms with Gasteiger partial charge in [-0.25, -0.2) is 0 Å². The van der Waals surface area contributed by atoms with E-state index in [4.69, 9.17) is 4.74 Å². The molecular weight excluding hydrogens is 337 g/mol. The molecule has 0 saturated heterocycles. The summed E-state index contributed by atoms with van der Waals surface area (Å²) in [5.41, 5.74) is -0.122. The molecule has 25 heavy (non-hydrogen) atoms. The first kappa shape index (κ1) is 16.9. The van der Waals surface area contributed by atoms with Crippen LogP contribution in [0.25, 0.3) is 0 Å². The van der Waals surface area contributed by atoms with E-state index in [1.165, 1.54) is 25.3 Å². The third-order valence-electron chi connectivity index (χ3n) is 3.95. The Morgan fingerprint density at radius 2 is 1.40 bits per heavy atom. The van der Waals surface area contributed by atoms with Crippen molar-refractivity contribution in [1.82, 2.24) is 0 Å². The molecule has 5 nitrogen and oxygen atoms in total. The van der Waals surface area contributed by atoms with Gasteiger partial charge in [-0.2, -0.15) is 0 Å². The van der Waals surface area contributed by atoms with Gasteiger partial charge in [0.05, 0.1) is 17.3 Å². The SMILES string of the molecule is COc1ccc([N+](=O)[O-])cc1P(=O)(c1ccccc1)c1ccccc1. The van der Waals surface area contributed by atoms with Crippen molar-refractivity contribution in [3.8, 4) is 5.75 Å². The second-order valence-corrected chi connectivity index (χ2v) is 8.13. The number of nitrogens with zero attached hydrogens (tertiary/aromatic N) is 1. The lowest BCUT2D eigenvalue weighted by Gasteiger charge is -2.21. The van der Waals surface area contributed by atoms with E-state index in [0.717, 1.165) is 0 Å². The van der Waals surface area contributed by atoms with Crippen LogP contribution >= 0.6 is 7.14 Å². The lowest BCUT2D eigenvalue weighted by Crippen LogP contribution is -2.26. The second kappa shape index (κ2) is 6.91. The predicted molar refractivity (Wildman–Crippen MR) is 99.0 cm³/mol. The summed E-state index contributed by atoms with van der Waals surface area (Å²) in [6, 6.07) is 22.1. The van der Waals surface area contributed by atoms with E-state index in [0.29, 0.717) is 21.7 Å². The zero-order chi connectivity index (χ0) is 17.9. The Morgan fingerprint density at radius 3 is 1.84 bits per heavy atom. The highest BCUT2D eigenvalue weighted by molar-refractivity contribution is 7.85. The average Bonchev–Trinajstić information content (AvgIpc) is 2.68. The summed E-state index contributed by atoms with van der Waals surface area (Å²) in [6.45, 7) is 0. The molecule has 0 atom stereocenters. The molecule has 3 rings (SSSR count). The Kier molecular flexibility index (Phi) is 4.68. The van der Waals surface area contributed by atoms with Crippen molar-refractivity contribution < 1.29 is 14.2 Å². The van der Waals surface area contributed by atoms with Gasteiger partial charge in [-0.05, 0) is 6.07 Å². The topological polar surface area (TPSA) is 69.4 Å². The Hall–Kier alpha value is -2.91. The Balaban J connectivity index is 2.36. The first-order valence-corrected chi connectivity index (χ1v) is 9.32. The summed E-state index contributed by atoms with van der Waals surface area (Å²) >= 11 is 0. The third kappa shape index (κ3) is 3.06. The predicted octanol–water partition coefficient (Wildman–Crippen LogP) is 3.24. The first-order chi connectivity index (χ1) is 12.1. The van der Waals surface area contributed by atoms with Crippen molar-refractivity contribution >= 4 is 28.7 Å². The molecule has 0 radical (unpaired) electrons. The number of nitro benzene ring substituents is 1. The molecule has 0 aliphatic heterocycles. The third-order valence-corrected chi connectivity index (χ3v) is 7.03. The number of nitro groups is 1. The molecule has 6 heteroatoms.